The lowest BCUT2D eigenvalue weighted by Gasteiger charge is -2.14. The van der Waals surface area contributed by atoms with E-state index in [4.69, 9.17) is 0 Å². The quantitative estimate of drug-likeness (QED) is 0.642. The van der Waals surface area contributed by atoms with Crippen molar-refractivity contribution >= 4 is 15.9 Å². The molecule has 3 heteroatoms. The summed E-state index contributed by atoms with van der Waals surface area (Å²) in [6.45, 7) is 0. The molecule has 2 bridgehead atoms. The van der Waals surface area contributed by atoms with Crippen molar-refractivity contribution in [1.29, 1.82) is 0 Å². The average Bonchev–Trinajstić information content (AvgIpc) is 2.59. The Morgan fingerprint density at radius 1 is 1.29 bits per heavy atom. The van der Waals surface area contributed by atoms with Gasteiger partial charge in [0.15, 0.2) is 0 Å². The zero-order chi connectivity index (χ0) is 9.87. The van der Waals surface area contributed by atoms with Crippen molar-refractivity contribution in [1.82, 2.24) is 4.90 Å². The Bertz CT molecular complexity index is 441. The zero-order valence-corrected chi connectivity index (χ0v) is 9.25. The van der Waals surface area contributed by atoms with Gasteiger partial charge < -0.3 is 0 Å². The van der Waals surface area contributed by atoms with Crippen molar-refractivity contribution in [2.24, 2.45) is 0 Å². The molecular weight excluding hydrogens is 245 g/mol. The lowest BCUT2D eigenvalue weighted by molar-refractivity contribution is 0.299. The van der Waals surface area contributed by atoms with E-state index in [1.807, 2.05) is 0 Å². The predicted octanol–water partition coefficient (Wildman–Crippen LogP) is 3.19. The minimum Gasteiger partial charge on any atom is -0.285 e. The van der Waals surface area contributed by atoms with E-state index in [1.54, 1.807) is 12.1 Å². The van der Waals surface area contributed by atoms with Crippen LogP contribution in [0.4, 0.5) is 4.39 Å². The third-order valence-corrected chi connectivity index (χ3v) is 3.75. The van der Waals surface area contributed by atoms with Crippen LogP contribution in [0.5, 0.6) is 0 Å². The molecule has 0 aliphatic carbocycles. The molecule has 2 heterocycles. The summed E-state index contributed by atoms with van der Waals surface area (Å²) in [7, 11) is 2.07. The molecule has 0 spiro atoms. The predicted molar refractivity (Wildman–Crippen MR) is 56.5 cm³/mol. The van der Waals surface area contributed by atoms with Crippen LogP contribution in [0.3, 0.4) is 0 Å². The number of halogens is 2. The molecule has 2 aliphatic heterocycles. The fraction of sp³-hybridized carbons (Fsp3) is 0.273. The van der Waals surface area contributed by atoms with Gasteiger partial charge in [0.2, 0.25) is 0 Å². The Balaban J connectivity index is 2.27. The topological polar surface area (TPSA) is 3.24 Å². The molecule has 2 atom stereocenters. The van der Waals surface area contributed by atoms with Crippen LogP contribution in [0.1, 0.15) is 23.2 Å². The van der Waals surface area contributed by atoms with Crippen LogP contribution >= 0.6 is 15.9 Å². The summed E-state index contributed by atoms with van der Waals surface area (Å²) >= 11 is 3.43. The molecule has 0 saturated heterocycles. The largest absolute Gasteiger partial charge is 0.285 e. The minimum atomic E-state index is -0.162. The van der Waals surface area contributed by atoms with Crippen LogP contribution in [0.25, 0.3) is 0 Å². The van der Waals surface area contributed by atoms with Crippen molar-refractivity contribution in [3.8, 4) is 0 Å². The minimum absolute atomic E-state index is 0.162. The number of hydrogen-bond acceptors (Lipinski definition) is 1. The van der Waals surface area contributed by atoms with Gasteiger partial charge in [-0.25, -0.2) is 4.39 Å². The lowest BCUT2D eigenvalue weighted by atomic mass is 9.97. The number of fused-ring (bicyclic) bond motifs is 5. The van der Waals surface area contributed by atoms with Gasteiger partial charge in [0.25, 0.3) is 0 Å². The first-order valence-corrected chi connectivity index (χ1v) is 5.37. The van der Waals surface area contributed by atoms with Crippen molar-refractivity contribution in [3.63, 3.8) is 0 Å². The molecule has 0 fully saturated rings. The van der Waals surface area contributed by atoms with Gasteiger partial charge in [-0.2, -0.15) is 0 Å². The van der Waals surface area contributed by atoms with E-state index in [0.717, 1.165) is 10.0 Å². The second-order valence-corrected chi connectivity index (χ2v) is 4.68. The number of hydrogen-bond donors (Lipinski definition) is 0. The highest BCUT2D eigenvalue weighted by Gasteiger charge is 2.39. The van der Waals surface area contributed by atoms with E-state index in [0.29, 0.717) is 6.04 Å². The molecule has 0 radical (unpaired) electrons. The first-order valence-electron chi connectivity index (χ1n) is 4.57. The van der Waals surface area contributed by atoms with Crippen LogP contribution in [-0.4, -0.2) is 11.9 Å². The Morgan fingerprint density at radius 2 is 2.00 bits per heavy atom. The average molecular weight is 254 g/mol. The zero-order valence-electron chi connectivity index (χ0n) is 7.67. The molecular formula is C11H9BrFN. The standard InChI is InChI=1S/C11H9BrFN/c1-14-9-2-3-10(14)11-7(9)4-6(13)5-8(11)12/h2-5,9-10H,1H3. The summed E-state index contributed by atoms with van der Waals surface area (Å²) in [5, 5.41) is 0. The van der Waals surface area contributed by atoms with Gasteiger partial charge in [0, 0.05) is 4.47 Å². The molecule has 0 aromatic heterocycles. The summed E-state index contributed by atoms with van der Waals surface area (Å²) in [5.74, 6) is -0.162. The third kappa shape index (κ3) is 0.916. The maximum Gasteiger partial charge on any atom is 0.124 e. The van der Waals surface area contributed by atoms with Gasteiger partial charge in [-0.05, 0) is 30.3 Å². The Morgan fingerprint density at radius 3 is 2.79 bits per heavy atom. The van der Waals surface area contributed by atoms with Crippen LogP contribution in [0.15, 0.2) is 28.8 Å². The lowest BCUT2D eigenvalue weighted by Crippen LogP contribution is -2.13. The molecule has 0 amide bonds. The van der Waals surface area contributed by atoms with E-state index < -0.39 is 0 Å². The van der Waals surface area contributed by atoms with Crippen molar-refractivity contribution in [2.75, 3.05) is 7.05 Å². The summed E-state index contributed by atoms with van der Waals surface area (Å²) in [6.07, 6.45) is 4.31. The number of rotatable bonds is 0. The van der Waals surface area contributed by atoms with E-state index in [-0.39, 0.29) is 11.9 Å². The summed E-state index contributed by atoms with van der Waals surface area (Å²) in [4.78, 5) is 2.24. The van der Waals surface area contributed by atoms with E-state index in [1.165, 1.54) is 5.56 Å². The first kappa shape index (κ1) is 8.62. The van der Waals surface area contributed by atoms with Gasteiger partial charge in [-0.1, -0.05) is 28.1 Å². The Labute approximate surface area is 90.3 Å². The van der Waals surface area contributed by atoms with Crippen molar-refractivity contribution < 1.29 is 4.39 Å². The molecule has 2 unspecified atom stereocenters. The van der Waals surface area contributed by atoms with Crippen LogP contribution < -0.4 is 0 Å². The highest BCUT2D eigenvalue weighted by molar-refractivity contribution is 9.10. The molecule has 0 saturated carbocycles. The monoisotopic (exact) mass is 253 g/mol. The van der Waals surface area contributed by atoms with Gasteiger partial charge in [-0.15, -0.1) is 0 Å². The molecule has 72 valence electrons. The molecule has 2 aliphatic rings. The third-order valence-electron chi connectivity index (χ3n) is 3.09. The van der Waals surface area contributed by atoms with Crippen molar-refractivity contribution in [2.45, 2.75) is 12.1 Å². The molecule has 1 aromatic carbocycles. The number of likely N-dealkylation sites (N-methyl/N-ethyl adjacent to an activating group) is 1. The Hall–Kier alpha value is -0.670. The molecule has 1 nitrogen and oxygen atoms in total. The fourth-order valence-corrected chi connectivity index (χ4v) is 3.12. The molecule has 3 rings (SSSR count). The second-order valence-electron chi connectivity index (χ2n) is 3.83. The van der Waals surface area contributed by atoms with E-state index in [2.05, 4.69) is 40.0 Å². The van der Waals surface area contributed by atoms with Crippen LogP contribution in [0, 0.1) is 5.82 Å². The SMILES string of the molecule is CN1C2C=CC1c1c(Br)cc(F)cc12. The second kappa shape index (κ2) is 2.67. The van der Waals surface area contributed by atoms with E-state index in [9.17, 15) is 4.39 Å². The highest BCUT2D eigenvalue weighted by atomic mass is 79.9. The Kier molecular flexibility index (Phi) is 1.65. The van der Waals surface area contributed by atoms with Gasteiger partial charge in [0.05, 0.1) is 12.1 Å². The van der Waals surface area contributed by atoms with Crippen LogP contribution in [0.2, 0.25) is 0 Å². The summed E-state index contributed by atoms with van der Waals surface area (Å²) < 4.78 is 14.1. The summed E-state index contributed by atoms with van der Waals surface area (Å²) in [5.41, 5.74) is 2.33. The van der Waals surface area contributed by atoms with Gasteiger partial charge in [0.1, 0.15) is 5.82 Å². The van der Waals surface area contributed by atoms with Crippen LogP contribution in [-0.2, 0) is 0 Å². The maximum atomic E-state index is 13.2. The highest BCUT2D eigenvalue weighted by Crippen LogP contribution is 2.49. The smallest absolute Gasteiger partial charge is 0.124 e. The van der Waals surface area contributed by atoms with Gasteiger partial charge >= 0.3 is 0 Å². The van der Waals surface area contributed by atoms with Crippen molar-refractivity contribution in [3.05, 3.63) is 45.7 Å². The molecule has 14 heavy (non-hydrogen) atoms. The molecule has 0 N–H and O–H groups in total. The summed E-state index contributed by atoms with van der Waals surface area (Å²) in [6, 6.07) is 3.78. The number of benzene rings is 1. The number of nitrogens with zero attached hydrogens (tertiary/aromatic N) is 1. The van der Waals surface area contributed by atoms with E-state index >= 15 is 0 Å². The normalized spacial score (nSPS) is 28.5. The fourth-order valence-electron chi connectivity index (χ4n) is 2.44. The van der Waals surface area contributed by atoms with Gasteiger partial charge in [-0.3, -0.25) is 4.90 Å². The first-order chi connectivity index (χ1) is 6.68. The maximum absolute atomic E-state index is 13.2. The molecule has 1 aromatic rings.